The first-order valence-corrected chi connectivity index (χ1v) is 9.12. The Morgan fingerprint density at radius 3 is 2.53 bits per heavy atom. The van der Waals surface area contributed by atoms with Gasteiger partial charge in [0.2, 0.25) is 5.88 Å². The maximum Gasteiger partial charge on any atom is 0.416 e. The highest BCUT2D eigenvalue weighted by Crippen LogP contribution is 2.33. The predicted octanol–water partition coefficient (Wildman–Crippen LogP) is 5.90. The van der Waals surface area contributed by atoms with Crippen molar-refractivity contribution in [2.24, 2.45) is 0 Å². The number of rotatable bonds is 5. The molecule has 3 aromatic rings. The maximum atomic E-state index is 12.9. The molecule has 3 rings (SSSR count). The van der Waals surface area contributed by atoms with Gasteiger partial charge >= 0.3 is 6.18 Å². The molecule has 2 N–H and O–H groups in total. The molecular formula is C21H16F3N3O2S. The largest absolute Gasteiger partial charge is 0.437 e. The van der Waals surface area contributed by atoms with Crippen LogP contribution in [0.5, 0.6) is 11.6 Å². The summed E-state index contributed by atoms with van der Waals surface area (Å²) in [6.07, 6.45) is -3.04. The van der Waals surface area contributed by atoms with Gasteiger partial charge in [-0.1, -0.05) is 18.2 Å². The zero-order valence-electron chi connectivity index (χ0n) is 15.7. The van der Waals surface area contributed by atoms with E-state index in [1.54, 1.807) is 36.4 Å². The van der Waals surface area contributed by atoms with Crippen molar-refractivity contribution in [1.29, 1.82) is 0 Å². The third-order valence-electron chi connectivity index (χ3n) is 3.92. The summed E-state index contributed by atoms with van der Waals surface area (Å²) in [4.78, 5) is 15.6. The van der Waals surface area contributed by atoms with Gasteiger partial charge in [0.25, 0.3) is 0 Å². The number of hydrogen-bond acceptors (Lipinski definition) is 4. The van der Waals surface area contributed by atoms with Crippen LogP contribution in [0.4, 0.5) is 24.5 Å². The first-order valence-electron chi connectivity index (χ1n) is 8.71. The fourth-order valence-electron chi connectivity index (χ4n) is 2.52. The first kappa shape index (κ1) is 21.3. The Morgan fingerprint density at radius 2 is 1.80 bits per heavy atom. The number of carbonyl (C=O) groups excluding carboxylic acids is 1. The van der Waals surface area contributed by atoms with E-state index in [9.17, 15) is 18.0 Å². The van der Waals surface area contributed by atoms with Crippen molar-refractivity contribution in [2.75, 3.05) is 10.6 Å². The van der Waals surface area contributed by atoms with Crippen molar-refractivity contribution in [1.82, 2.24) is 4.98 Å². The van der Waals surface area contributed by atoms with E-state index in [0.29, 0.717) is 16.9 Å². The number of nitrogens with zero attached hydrogens (tertiary/aromatic N) is 1. The number of alkyl halides is 3. The number of ether oxygens (including phenoxy) is 1. The van der Waals surface area contributed by atoms with Gasteiger partial charge in [-0.05, 0) is 61.6 Å². The highest BCUT2D eigenvalue weighted by atomic mass is 32.1. The van der Waals surface area contributed by atoms with Gasteiger partial charge in [0.15, 0.2) is 10.9 Å². The number of aromatic nitrogens is 1. The van der Waals surface area contributed by atoms with Crippen LogP contribution in [0.2, 0.25) is 0 Å². The number of thiocarbonyl (C=S) groups is 1. The van der Waals surface area contributed by atoms with Crippen LogP contribution in [0.15, 0.2) is 66.9 Å². The third kappa shape index (κ3) is 5.54. The molecule has 0 aliphatic heterocycles. The van der Waals surface area contributed by atoms with Gasteiger partial charge in [-0.15, -0.1) is 0 Å². The van der Waals surface area contributed by atoms with Gasteiger partial charge in [0.05, 0.1) is 5.56 Å². The molecule has 0 amide bonds. The van der Waals surface area contributed by atoms with Crippen LogP contribution in [0.3, 0.4) is 0 Å². The van der Waals surface area contributed by atoms with Crippen LogP contribution in [0.1, 0.15) is 22.8 Å². The molecule has 30 heavy (non-hydrogen) atoms. The minimum atomic E-state index is -4.48. The lowest BCUT2D eigenvalue weighted by Crippen LogP contribution is -2.19. The van der Waals surface area contributed by atoms with E-state index in [-0.39, 0.29) is 22.5 Å². The molecule has 154 valence electrons. The molecule has 1 aromatic heterocycles. The quantitative estimate of drug-likeness (QED) is 0.387. The number of ketones is 1. The molecule has 0 fully saturated rings. The van der Waals surface area contributed by atoms with Crippen molar-refractivity contribution in [3.63, 3.8) is 0 Å². The Morgan fingerprint density at radius 1 is 1.03 bits per heavy atom. The molecule has 5 nitrogen and oxygen atoms in total. The molecule has 0 saturated heterocycles. The van der Waals surface area contributed by atoms with Crippen LogP contribution in [-0.4, -0.2) is 15.9 Å². The number of carbonyl (C=O) groups is 1. The molecule has 0 saturated carbocycles. The lowest BCUT2D eigenvalue weighted by atomic mass is 10.1. The van der Waals surface area contributed by atoms with E-state index in [1.807, 2.05) is 0 Å². The van der Waals surface area contributed by atoms with E-state index in [0.717, 1.165) is 12.1 Å². The van der Waals surface area contributed by atoms with E-state index in [4.69, 9.17) is 17.0 Å². The SMILES string of the molecule is CC(=O)c1cccc(NC(=S)Nc2cccnc2Oc2cccc(C(F)(F)F)c2)c1. The number of halogens is 3. The van der Waals surface area contributed by atoms with Crippen molar-refractivity contribution >= 4 is 34.5 Å². The smallest absolute Gasteiger partial charge is 0.416 e. The monoisotopic (exact) mass is 431 g/mol. The van der Waals surface area contributed by atoms with Crippen molar-refractivity contribution < 1.29 is 22.7 Å². The average Bonchev–Trinajstić information content (AvgIpc) is 2.69. The minimum absolute atomic E-state index is 0.0142. The summed E-state index contributed by atoms with van der Waals surface area (Å²) in [6, 6.07) is 14.5. The average molecular weight is 431 g/mol. The fraction of sp³-hybridized carbons (Fsp3) is 0.0952. The van der Waals surface area contributed by atoms with Crippen LogP contribution < -0.4 is 15.4 Å². The highest BCUT2D eigenvalue weighted by Gasteiger charge is 2.30. The molecule has 0 aliphatic carbocycles. The Balaban J connectivity index is 1.75. The zero-order chi connectivity index (χ0) is 21.7. The second-order valence-corrected chi connectivity index (χ2v) is 6.61. The summed E-state index contributed by atoms with van der Waals surface area (Å²) >= 11 is 5.28. The van der Waals surface area contributed by atoms with Gasteiger partial charge in [-0.2, -0.15) is 13.2 Å². The van der Waals surface area contributed by atoms with E-state index in [2.05, 4.69) is 15.6 Å². The van der Waals surface area contributed by atoms with Gasteiger partial charge in [-0.25, -0.2) is 4.98 Å². The summed E-state index contributed by atoms with van der Waals surface area (Å²) in [6.45, 7) is 1.46. The molecule has 0 radical (unpaired) electrons. The lowest BCUT2D eigenvalue weighted by Gasteiger charge is -2.14. The van der Waals surface area contributed by atoms with Crippen LogP contribution >= 0.6 is 12.2 Å². The Kier molecular flexibility index (Phi) is 6.31. The molecule has 2 aromatic carbocycles. The summed E-state index contributed by atoms with van der Waals surface area (Å²) in [5.74, 6) is -0.0420. The van der Waals surface area contributed by atoms with E-state index in [1.165, 1.54) is 25.3 Å². The Bertz CT molecular complexity index is 1090. The number of pyridine rings is 1. The minimum Gasteiger partial charge on any atom is -0.437 e. The molecule has 0 aliphatic rings. The Labute approximate surface area is 175 Å². The summed E-state index contributed by atoms with van der Waals surface area (Å²) in [5, 5.41) is 6.03. The summed E-state index contributed by atoms with van der Waals surface area (Å²) in [7, 11) is 0. The second kappa shape index (κ2) is 8.91. The van der Waals surface area contributed by atoms with Gasteiger partial charge < -0.3 is 15.4 Å². The molecule has 0 unspecified atom stereocenters. The predicted molar refractivity (Wildman–Crippen MR) is 112 cm³/mol. The topological polar surface area (TPSA) is 63.2 Å². The fourth-order valence-corrected chi connectivity index (χ4v) is 2.74. The first-order chi connectivity index (χ1) is 14.2. The molecule has 0 atom stereocenters. The number of nitrogens with one attached hydrogen (secondary N) is 2. The number of benzene rings is 2. The lowest BCUT2D eigenvalue weighted by molar-refractivity contribution is -0.137. The highest BCUT2D eigenvalue weighted by molar-refractivity contribution is 7.80. The van der Waals surface area contributed by atoms with E-state index >= 15 is 0 Å². The van der Waals surface area contributed by atoms with Gasteiger partial charge in [0.1, 0.15) is 11.4 Å². The number of hydrogen-bond donors (Lipinski definition) is 2. The third-order valence-corrected chi connectivity index (χ3v) is 4.13. The van der Waals surface area contributed by atoms with Crippen LogP contribution in [-0.2, 0) is 6.18 Å². The summed E-state index contributed by atoms with van der Waals surface area (Å²) < 4.78 is 44.3. The number of Topliss-reactive ketones (excluding diaryl/α,β-unsaturated/α-hetero) is 1. The number of anilines is 2. The molecule has 9 heteroatoms. The molecule has 0 bridgehead atoms. The van der Waals surface area contributed by atoms with Gasteiger partial charge in [0, 0.05) is 17.4 Å². The van der Waals surface area contributed by atoms with Crippen LogP contribution in [0.25, 0.3) is 0 Å². The van der Waals surface area contributed by atoms with Crippen molar-refractivity contribution in [2.45, 2.75) is 13.1 Å². The summed E-state index contributed by atoms with van der Waals surface area (Å²) in [5.41, 5.74) is 0.658. The van der Waals surface area contributed by atoms with Crippen LogP contribution in [0, 0.1) is 0 Å². The molecule has 0 spiro atoms. The van der Waals surface area contributed by atoms with Crippen molar-refractivity contribution in [3.05, 3.63) is 78.0 Å². The normalized spacial score (nSPS) is 10.9. The molecule has 1 heterocycles. The standard InChI is InChI=1S/C21H16F3N3O2S/c1-13(28)14-5-2-7-16(11-14)26-20(30)27-18-9-4-10-25-19(18)29-17-8-3-6-15(12-17)21(22,23)24/h2-12H,1H3,(H2,26,27,30). The maximum absolute atomic E-state index is 12.9. The Hall–Kier alpha value is -3.46. The second-order valence-electron chi connectivity index (χ2n) is 6.20. The zero-order valence-corrected chi connectivity index (χ0v) is 16.5. The van der Waals surface area contributed by atoms with Gasteiger partial charge in [-0.3, -0.25) is 4.79 Å². The van der Waals surface area contributed by atoms with Crippen molar-refractivity contribution in [3.8, 4) is 11.6 Å². The van der Waals surface area contributed by atoms with E-state index < -0.39 is 11.7 Å². The molecular weight excluding hydrogens is 415 g/mol.